The number of hydrogen-bond donors (Lipinski definition) is 3. The predicted octanol–water partition coefficient (Wildman–Crippen LogP) is 2.14. The van der Waals surface area contributed by atoms with Gasteiger partial charge in [-0.05, 0) is 43.4 Å². The largest absolute Gasteiger partial charge is 0.490 e. The van der Waals surface area contributed by atoms with Gasteiger partial charge in [-0.15, -0.1) is 0 Å². The van der Waals surface area contributed by atoms with Crippen molar-refractivity contribution in [2.75, 3.05) is 53.1 Å². The van der Waals surface area contributed by atoms with Crippen LogP contribution in [-0.2, 0) is 14.3 Å². The second-order valence-electron chi connectivity index (χ2n) is 7.55. The molecular formula is C25H36N4O5S. The summed E-state index contributed by atoms with van der Waals surface area (Å²) in [6.07, 6.45) is 2.13. The highest BCUT2D eigenvalue weighted by molar-refractivity contribution is 8.04. The van der Waals surface area contributed by atoms with Crippen molar-refractivity contribution >= 4 is 23.6 Å². The molecule has 35 heavy (non-hydrogen) atoms. The summed E-state index contributed by atoms with van der Waals surface area (Å²) in [6.45, 7) is 6.07. The van der Waals surface area contributed by atoms with Gasteiger partial charge in [0.15, 0.2) is 5.44 Å². The molecule has 3 N–H and O–H groups in total. The van der Waals surface area contributed by atoms with Gasteiger partial charge in [-0.25, -0.2) is 0 Å². The molecule has 0 aliphatic carbocycles. The molecule has 1 aromatic rings. The molecule has 9 nitrogen and oxygen atoms in total. The Kier molecular flexibility index (Phi) is 16.9. The first-order valence-corrected chi connectivity index (χ1v) is 12.5. The van der Waals surface area contributed by atoms with E-state index < -0.39 is 5.44 Å². The molecule has 0 saturated heterocycles. The Bertz CT molecular complexity index is 865. The molecule has 10 heteroatoms. The zero-order valence-corrected chi connectivity index (χ0v) is 21.5. The van der Waals surface area contributed by atoms with Gasteiger partial charge in [-0.1, -0.05) is 38.2 Å². The number of thiocyanates is 1. The molecule has 0 aromatic heterocycles. The topological polar surface area (TPSA) is 122 Å². The van der Waals surface area contributed by atoms with Gasteiger partial charge >= 0.3 is 0 Å². The molecule has 2 atom stereocenters. The second-order valence-corrected chi connectivity index (χ2v) is 8.49. The average molecular weight is 505 g/mol. The van der Waals surface area contributed by atoms with E-state index in [1.165, 1.54) is 0 Å². The van der Waals surface area contributed by atoms with Gasteiger partial charge in [-0.3, -0.25) is 9.59 Å². The molecule has 0 saturated carbocycles. The molecule has 1 aromatic carbocycles. The minimum absolute atomic E-state index is 0.0920. The SMILES string of the molecule is CCCC(C)C#CCNC(=O)COCCOC(COc1cccc(C(=O)NCCNC)c1)SC#N. The van der Waals surface area contributed by atoms with Crippen molar-refractivity contribution in [3.05, 3.63) is 29.8 Å². The average Bonchev–Trinajstić information content (AvgIpc) is 2.85. The Morgan fingerprint density at radius 3 is 2.77 bits per heavy atom. The first-order chi connectivity index (χ1) is 17.0. The van der Waals surface area contributed by atoms with Crippen LogP contribution in [0.5, 0.6) is 5.75 Å². The van der Waals surface area contributed by atoms with Gasteiger partial charge in [0.2, 0.25) is 5.91 Å². The number of nitriles is 1. The third-order valence-corrected chi connectivity index (χ3v) is 5.18. The summed E-state index contributed by atoms with van der Waals surface area (Å²) in [6, 6.07) is 6.80. The fraction of sp³-hybridized carbons (Fsp3) is 0.560. The molecule has 0 radical (unpaired) electrons. The molecule has 0 heterocycles. The van der Waals surface area contributed by atoms with Crippen LogP contribution < -0.4 is 20.7 Å². The molecular weight excluding hydrogens is 468 g/mol. The summed E-state index contributed by atoms with van der Waals surface area (Å²) >= 11 is 0.925. The monoisotopic (exact) mass is 504 g/mol. The smallest absolute Gasteiger partial charge is 0.251 e. The number of carbonyl (C=O) groups excluding carboxylic acids is 2. The maximum atomic E-state index is 12.2. The van der Waals surface area contributed by atoms with E-state index in [9.17, 15) is 9.59 Å². The Morgan fingerprint density at radius 1 is 1.20 bits per heavy atom. The van der Waals surface area contributed by atoms with Crippen LogP contribution in [0.25, 0.3) is 0 Å². The minimum Gasteiger partial charge on any atom is -0.490 e. The molecule has 0 spiro atoms. The summed E-state index contributed by atoms with van der Waals surface area (Å²) in [4.78, 5) is 24.0. The van der Waals surface area contributed by atoms with Crippen molar-refractivity contribution < 1.29 is 23.8 Å². The zero-order valence-electron chi connectivity index (χ0n) is 20.7. The number of thioether (sulfide) groups is 1. The van der Waals surface area contributed by atoms with E-state index in [1.807, 2.05) is 12.4 Å². The molecule has 192 valence electrons. The summed E-state index contributed by atoms with van der Waals surface area (Å²) < 4.78 is 16.7. The number of likely N-dealkylation sites (N-methyl/N-ethyl adjacent to an activating group) is 1. The van der Waals surface area contributed by atoms with Gasteiger partial charge in [0, 0.05) is 24.6 Å². The predicted molar refractivity (Wildman–Crippen MR) is 137 cm³/mol. The lowest BCUT2D eigenvalue weighted by atomic mass is 10.1. The molecule has 2 unspecified atom stereocenters. The standard InChI is InChI=1S/C25H36N4O5S/c1-4-7-20(2)8-6-11-28-23(30)17-32-14-15-33-24(35-19-26)18-34-22-10-5-9-21(16-22)25(31)29-13-12-27-3/h5,9-10,16,20,24,27H,4,7,11-15,17-18H2,1-3H3,(H,28,30)(H,29,31). The van der Waals surface area contributed by atoms with E-state index in [-0.39, 0.29) is 38.2 Å². The van der Waals surface area contributed by atoms with E-state index in [1.54, 1.807) is 24.3 Å². The van der Waals surface area contributed by atoms with E-state index in [0.717, 1.165) is 24.6 Å². The number of carbonyl (C=O) groups is 2. The molecule has 0 aliphatic rings. The van der Waals surface area contributed by atoms with Crippen molar-refractivity contribution in [3.63, 3.8) is 0 Å². The number of amides is 2. The molecule has 0 fully saturated rings. The van der Waals surface area contributed by atoms with E-state index >= 15 is 0 Å². The normalized spacial score (nSPS) is 11.9. The minimum atomic E-state index is -0.550. The Hall–Kier alpha value is -2.76. The van der Waals surface area contributed by atoms with Crippen LogP contribution >= 0.6 is 11.8 Å². The lowest BCUT2D eigenvalue weighted by Gasteiger charge is -2.16. The fourth-order valence-electron chi connectivity index (χ4n) is 2.80. The van der Waals surface area contributed by atoms with Crippen LogP contribution in [0.4, 0.5) is 0 Å². The van der Waals surface area contributed by atoms with Crippen LogP contribution in [0.1, 0.15) is 37.0 Å². The Balaban J connectivity index is 2.31. The van der Waals surface area contributed by atoms with Crippen LogP contribution in [0.3, 0.4) is 0 Å². The number of ether oxygens (including phenoxy) is 3. The lowest BCUT2D eigenvalue weighted by molar-refractivity contribution is -0.126. The third-order valence-electron chi connectivity index (χ3n) is 4.54. The Labute approximate surface area is 212 Å². The Morgan fingerprint density at radius 2 is 2.03 bits per heavy atom. The van der Waals surface area contributed by atoms with Crippen molar-refractivity contribution in [3.8, 4) is 23.0 Å². The van der Waals surface area contributed by atoms with E-state index in [2.05, 4.69) is 41.6 Å². The quantitative estimate of drug-likeness (QED) is 0.128. The molecule has 0 bridgehead atoms. The van der Waals surface area contributed by atoms with Gasteiger partial charge in [-0.2, -0.15) is 5.26 Å². The molecule has 1 rings (SSSR count). The number of hydrogen-bond acceptors (Lipinski definition) is 8. The number of rotatable bonds is 17. The fourth-order valence-corrected chi connectivity index (χ4v) is 3.21. The van der Waals surface area contributed by atoms with Gasteiger partial charge in [0.1, 0.15) is 24.4 Å². The van der Waals surface area contributed by atoms with E-state index in [4.69, 9.17) is 19.5 Å². The maximum absolute atomic E-state index is 12.2. The van der Waals surface area contributed by atoms with E-state index in [0.29, 0.717) is 36.9 Å². The number of benzene rings is 1. The van der Waals surface area contributed by atoms with Crippen molar-refractivity contribution in [1.29, 1.82) is 5.26 Å². The van der Waals surface area contributed by atoms with Crippen LogP contribution in [0.15, 0.2) is 24.3 Å². The highest BCUT2D eigenvalue weighted by Gasteiger charge is 2.13. The van der Waals surface area contributed by atoms with Crippen molar-refractivity contribution in [2.45, 2.75) is 32.1 Å². The zero-order chi connectivity index (χ0) is 25.7. The van der Waals surface area contributed by atoms with Gasteiger partial charge in [0.05, 0.1) is 19.8 Å². The highest BCUT2D eigenvalue weighted by Crippen LogP contribution is 2.17. The first-order valence-electron chi connectivity index (χ1n) is 11.6. The summed E-state index contributed by atoms with van der Waals surface area (Å²) in [7, 11) is 1.81. The summed E-state index contributed by atoms with van der Waals surface area (Å²) in [5.74, 6) is 6.43. The summed E-state index contributed by atoms with van der Waals surface area (Å²) in [5.41, 5.74) is -0.0666. The van der Waals surface area contributed by atoms with Gasteiger partial charge < -0.3 is 30.2 Å². The number of nitrogens with one attached hydrogen (secondary N) is 3. The number of nitrogens with zero attached hydrogens (tertiary/aromatic N) is 1. The summed E-state index contributed by atoms with van der Waals surface area (Å²) in [5, 5.41) is 19.5. The van der Waals surface area contributed by atoms with Crippen LogP contribution in [-0.4, -0.2) is 70.4 Å². The van der Waals surface area contributed by atoms with Crippen molar-refractivity contribution in [1.82, 2.24) is 16.0 Å². The lowest BCUT2D eigenvalue weighted by Crippen LogP contribution is -2.30. The first kappa shape index (κ1) is 30.3. The molecule has 2 amide bonds. The van der Waals surface area contributed by atoms with Crippen LogP contribution in [0.2, 0.25) is 0 Å². The second kappa shape index (κ2) is 19.5. The maximum Gasteiger partial charge on any atom is 0.251 e. The third kappa shape index (κ3) is 15.0. The van der Waals surface area contributed by atoms with Gasteiger partial charge in [0.25, 0.3) is 5.91 Å². The highest BCUT2D eigenvalue weighted by atomic mass is 32.2. The molecule has 0 aliphatic heterocycles. The van der Waals surface area contributed by atoms with Crippen molar-refractivity contribution in [2.24, 2.45) is 5.92 Å². The van der Waals surface area contributed by atoms with Crippen LogP contribution in [0, 0.1) is 28.4 Å².